The van der Waals surface area contributed by atoms with E-state index in [0.29, 0.717) is 11.8 Å². The molecule has 1 saturated carbocycles. The maximum absolute atomic E-state index is 9.47. The fourth-order valence-corrected chi connectivity index (χ4v) is 1.33. The molecule has 9 heavy (non-hydrogen) atoms. The van der Waals surface area contributed by atoms with E-state index in [1.807, 2.05) is 0 Å². The highest BCUT2D eigenvalue weighted by atomic mass is 35.5. The minimum absolute atomic E-state index is 0.325. The molecule has 0 aromatic carbocycles. The molecule has 0 aromatic heterocycles. The van der Waals surface area contributed by atoms with E-state index in [-0.39, 0.29) is 5.60 Å². The number of hydrogen-bond donors (Lipinski definition) is 1. The fourth-order valence-electron chi connectivity index (χ4n) is 1.19. The smallest absolute Gasteiger partial charge is 0.0678 e. The van der Waals surface area contributed by atoms with E-state index in [0.717, 1.165) is 19.3 Å². The third-order valence-electron chi connectivity index (χ3n) is 2.16. The van der Waals surface area contributed by atoms with Crippen molar-refractivity contribution in [1.29, 1.82) is 0 Å². The number of alkyl halides is 1. The molecule has 1 nitrogen and oxygen atoms in total. The van der Waals surface area contributed by atoms with E-state index in [2.05, 4.69) is 6.92 Å². The predicted octanol–water partition coefficient (Wildman–Crippen LogP) is 1.78. The van der Waals surface area contributed by atoms with Crippen molar-refractivity contribution in [2.75, 3.05) is 5.88 Å². The number of hydrogen-bond acceptors (Lipinski definition) is 1. The summed E-state index contributed by atoms with van der Waals surface area (Å²) in [7, 11) is 0. The van der Waals surface area contributed by atoms with Crippen LogP contribution in [0.25, 0.3) is 0 Å². The van der Waals surface area contributed by atoms with Crippen LogP contribution in [0.15, 0.2) is 0 Å². The molecule has 0 aliphatic heterocycles. The Morgan fingerprint density at radius 2 is 2.33 bits per heavy atom. The van der Waals surface area contributed by atoms with Crippen LogP contribution in [0.4, 0.5) is 0 Å². The molecule has 1 aliphatic carbocycles. The van der Waals surface area contributed by atoms with E-state index in [9.17, 15) is 5.11 Å². The zero-order valence-electron chi connectivity index (χ0n) is 5.73. The van der Waals surface area contributed by atoms with Gasteiger partial charge in [0, 0.05) is 5.88 Å². The first-order chi connectivity index (χ1) is 4.19. The van der Waals surface area contributed by atoms with Crippen molar-refractivity contribution in [2.24, 2.45) is 5.92 Å². The van der Waals surface area contributed by atoms with Gasteiger partial charge in [-0.15, -0.1) is 11.6 Å². The maximum Gasteiger partial charge on any atom is 0.0678 e. The Labute approximate surface area is 61.0 Å². The fraction of sp³-hybridized carbons (Fsp3) is 1.00. The van der Waals surface area contributed by atoms with Crippen LogP contribution in [0.3, 0.4) is 0 Å². The third-order valence-corrected chi connectivity index (χ3v) is 2.43. The molecular formula is C7H13ClO. The zero-order valence-corrected chi connectivity index (χ0v) is 6.49. The third kappa shape index (κ3) is 1.59. The molecule has 0 spiro atoms. The molecule has 0 amide bonds. The van der Waals surface area contributed by atoms with Gasteiger partial charge in [-0.2, -0.15) is 0 Å². The lowest BCUT2D eigenvalue weighted by Gasteiger charge is -2.05. The van der Waals surface area contributed by atoms with Crippen LogP contribution in [0.1, 0.15) is 26.2 Å². The van der Waals surface area contributed by atoms with Crippen LogP contribution < -0.4 is 0 Å². The quantitative estimate of drug-likeness (QED) is 0.605. The van der Waals surface area contributed by atoms with Gasteiger partial charge < -0.3 is 5.11 Å². The highest BCUT2D eigenvalue weighted by Gasteiger charge is 2.48. The molecule has 0 saturated heterocycles. The number of halogens is 1. The second kappa shape index (κ2) is 2.47. The van der Waals surface area contributed by atoms with Gasteiger partial charge in [0.15, 0.2) is 0 Å². The second-order valence-electron chi connectivity index (χ2n) is 3.00. The highest BCUT2D eigenvalue weighted by molar-refractivity contribution is 6.17. The van der Waals surface area contributed by atoms with E-state index >= 15 is 0 Å². The summed E-state index contributed by atoms with van der Waals surface area (Å²) in [6.07, 6.45) is 2.81. The standard InChI is InChI=1S/C7H13ClO/c1-6-5-7(6,9)3-2-4-8/h6,9H,2-5H2,1H3. The lowest BCUT2D eigenvalue weighted by molar-refractivity contribution is 0.123. The summed E-state index contributed by atoms with van der Waals surface area (Å²) in [5.74, 6) is 1.19. The van der Waals surface area contributed by atoms with Crippen molar-refractivity contribution in [3.63, 3.8) is 0 Å². The van der Waals surface area contributed by atoms with Gasteiger partial charge in [-0.1, -0.05) is 6.92 Å². The van der Waals surface area contributed by atoms with Crippen molar-refractivity contribution >= 4 is 11.6 Å². The van der Waals surface area contributed by atoms with Crippen LogP contribution >= 0.6 is 11.6 Å². The first-order valence-corrected chi connectivity index (χ1v) is 4.01. The van der Waals surface area contributed by atoms with Crippen LogP contribution in [0, 0.1) is 5.92 Å². The van der Waals surface area contributed by atoms with Crippen molar-refractivity contribution in [3.8, 4) is 0 Å². The van der Waals surface area contributed by atoms with Crippen molar-refractivity contribution in [2.45, 2.75) is 31.8 Å². The Kier molecular flexibility index (Phi) is 2.02. The first kappa shape index (κ1) is 7.36. The summed E-state index contributed by atoms with van der Waals surface area (Å²) >= 11 is 5.47. The summed E-state index contributed by atoms with van der Waals surface area (Å²) in [6, 6.07) is 0. The van der Waals surface area contributed by atoms with E-state index in [1.165, 1.54) is 0 Å². The Morgan fingerprint density at radius 3 is 2.67 bits per heavy atom. The van der Waals surface area contributed by atoms with E-state index < -0.39 is 0 Å². The monoisotopic (exact) mass is 148 g/mol. The average molecular weight is 149 g/mol. The Bertz CT molecular complexity index is 105. The Morgan fingerprint density at radius 1 is 1.78 bits per heavy atom. The van der Waals surface area contributed by atoms with E-state index in [1.54, 1.807) is 0 Å². The SMILES string of the molecule is CC1CC1(O)CCCCl. The largest absolute Gasteiger partial charge is 0.390 e. The minimum Gasteiger partial charge on any atom is -0.390 e. The number of aliphatic hydroxyl groups is 1. The van der Waals surface area contributed by atoms with Crippen LogP contribution in [-0.4, -0.2) is 16.6 Å². The molecule has 1 aliphatic rings. The maximum atomic E-state index is 9.47. The average Bonchev–Trinajstić information content (AvgIpc) is 2.38. The Hall–Kier alpha value is 0.250. The van der Waals surface area contributed by atoms with Crippen molar-refractivity contribution < 1.29 is 5.11 Å². The summed E-state index contributed by atoms with van der Waals surface area (Å²) in [5, 5.41) is 9.47. The van der Waals surface area contributed by atoms with Gasteiger partial charge in [-0.25, -0.2) is 0 Å². The van der Waals surface area contributed by atoms with Gasteiger partial charge in [-0.05, 0) is 25.2 Å². The normalized spacial score (nSPS) is 41.0. The molecule has 54 valence electrons. The van der Waals surface area contributed by atoms with Crippen LogP contribution in [0.2, 0.25) is 0 Å². The molecule has 0 heterocycles. The lowest BCUT2D eigenvalue weighted by atomic mass is 10.1. The summed E-state index contributed by atoms with van der Waals surface area (Å²) in [5.41, 5.74) is -0.325. The Balaban J connectivity index is 2.13. The molecule has 2 heteroatoms. The number of rotatable bonds is 3. The topological polar surface area (TPSA) is 20.2 Å². The molecular weight excluding hydrogens is 136 g/mol. The molecule has 0 radical (unpaired) electrons. The van der Waals surface area contributed by atoms with E-state index in [4.69, 9.17) is 11.6 Å². The highest BCUT2D eigenvalue weighted by Crippen LogP contribution is 2.46. The predicted molar refractivity (Wildman–Crippen MR) is 38.7 cm³/mol. The summed E-state index contributed by atoms with van der Waals surface area (Å²) in [4.78, 5) is 0. The summed E-state index contributed by atoms with van der Waals surface area (Å²) in [6.45, 7) is 2.08. The molecule has 0 aromatic rings. The molecule has 1 rings (SSSR count). The lowest BCUT2D eigenvalue weighted by Crippen LogP contribution is -2.09. The van der Waals surface area contributed by atoms with Gasteiger partial charge in [-0.3, -0.25) is 0 Å². The molecule has 2 atom stereocenters. The molecule has 0 bridgehead atoms. The van der Waals surface area contributed by atoms with Crippen LogP contribution in [0.5, 0.6) is 0 Å². The van der Waals surface area contributed by atoms with Gasteiger partial charge in [0.05, 0.1) is 5.60 Å². The van der Waals surface area contributed by atoms with Gasteiger partial charge >= 0.3 is 0 Å². The van der Waals surface area contributed by atoms with Gasteiger partial charge in [0.2, 0.25) is 0 Å². The minimum atomic E-state index is -0.325. The van der Waals surface area contributed by atoms with Crippen molar-refractivity contribution in [3.05, 3.63) is 0 Å². The van der Waals surface area contributed by atoms with Gasteiger partial charge in [0.25, 0.3) is 0 Å². The molecule has 2 unspecified atom stereocenters. The second-order valence-corrected chi connectivity index (χ2v) is 3.38. The zero-order chi connectivity index (χ0) is 6.91. The van der Waals surface area contributed by atoms with Crippen molar-refractivity contribution in [1.82, 2.24) is 0 Å². The molecule has 1 N–H and O–H groups in total. The molecule has 1 fully saturated rings. The summed E-state index contributed by atoms with van der Waals surface area (Å²) < 4.78 is 0. The van der Waals surface area contributed by atoms with Crippen LogP contribution in [-0.2, 0) is 0 Å². The van der Waals surface area contributed by atoms with Gasteiger partial charge in [0.1, 0.15) is 0 Å². The first-order valence-electron chi connectivity index (χ1n) is 3.47.